The van der Waals surface area contributed by atoms with E-state index in [1.165, 1.54) is 6.07 Å². The second-order valence-corrected chi connectivity index (χ2v) is 6.01. The molecule has 1 aliphatic heterocycles. The summed E-state index contributed by atoms with van der Waals surface area (Å²) in [6.45, 7) is 4.64. The van der Waals surface area contributed by atoms with Gasteiger partial charge in [0.1, 0.15) is 6.07 Å². The van der Waals surface area contributed by atoms with Gasteiger partial charge < -0.3 is 9.80 Å². The van der Waals surface area contributed by atoms with Crippen molar-refractivity contribution in [1.82, 2.24) is 4.98 Å². The Labute approximate surface area is 146 Å². The third kappa shape index (κ3) is 3.53. The third-order valence-electron chi connectivity index (χ3n) is 4.35. The van der Waals surface area contributed by atoms with Gasteiger partial charge in [0.05, 0.1) is 16.2 Å². The van der Waals surface area contributed by atoms with Gasteiger partial charge in [0.25, 0.3) is 0 Å². The summed E-state index contributed by atoms with van der Waals surface area (Å²) in [5.41, 5.74) is 2.36. The molecule has 128 valence electrons. The van der Waals surface area contributed by atoms with Gasteiger partial charge in [0, 0.05) is 37.9 Å². The van der Waals surface area contributed by atoms with Gasteiger partial charge in [-0.05, 0) is 31.5 Å². The van der Waals surface area contributed by atoms with Crippen LogP contribution in [0.15, 0.2) is 36.4 Å². The fourth-order valence-corrected chi connectivity index (χ4v) is 3.12. The van der Waals surface area contributed by atoms with Crippen molar-refractivity contribution in [2.24, 2.45) is 0 Å². The molecule has 0 aliphatic carbocycles. The van der Waals surface area contributed by atoms with Crippen LogP contribution in [0.3, 0.4) is 0 Å². The number of anilines is 2. The zero-order valence-corrected chi connectivity index (χ0v) is 14.1. The molecule has 2 heterocycles. The van der Waals surface area contributed by atoms with Crippen molar-refractivity contribution >= 4 is 17.2 Å². The number of hydrogen-bond donors (Lipinski definition) is 0. The van der Waals surface area contributed by atoms with Crippen LogP contribution in [0.25, 0.3) is 0 Å². The predicted octanol–water partition coefficient (Wildman–Crippen LogP) is 2.89. The van der Waals surface area contributed by atoms with Crippen LogP contribution in [-0.2, 0) is 0 Å². The van der Waals surface area contributed by atoms with E-state index in [-0.39, 0.29) is 10.6 Å². The first-order chi connectivity index (χ1) is 12.1. The van der Waals surface area contributed by atoms with Crippen molar-refractivity contribution in [3.63, 3.8) is 0 Å². The molecule has 0 unspecified atom stereocenters. The van der Waals surface area contributed by atoms with E-state index in [9.17, 15) is 15.4 Å². The standard InChI is InChI=1S/C18H19N5O2/c1-14-7-8-17(23(24)25)18(20-14)22-10-4-9-21(11-12-22)16-6-3-2-5-15(16)13-19/h2-3,5-8H,4,9-12H2,1H3. The summed E-state index contributed by atoms with van der Waals surface area (Å²) in [5, 5.41) is 20.6. The SMILES string of the molecule is Cc1ccc([N+](=O)[O-])c(N2CCCN(c3ccccc3C#N)CC2)n1. The Morgan fingerprint density at radius 3 is 2.60 bits per heavy atom. The van der Waals surface area contributed by atoms with Gasteiger partial charge >= 0.3 is 5.69 Å². The fourth-order valence-electron chi connectivity index (χ4n) is 3.12. The highest BCUT2D eigenvalue weighted by Gasteiger charge is 2.24. The number of pyridine rings is 1. The molecule has 1 aliphatic rings. The Hall–Kier alpha value is -3.14. The van der Waals surface area contributed by atoms with E-state index in [1.807, 2.05) is 36.1 Å². The van der Waals surface area contributed by atoms with Crippen LogP contribution in [0.4, 0.5) is 17.2 Å². The van der Waals surface area contributed by atoms with E-state index in [4.69, 9.17) is 0 Å². The number of aromatic nitrogens is 1. The predicted molar refractivity (Wildman–Crippen MR) is 95.8 cm³/mol. The van der Waals surface area contributed by atoms with Gasteiger partial charge in [-0.1, -0.05) is 12.1 Å². The molecule has 1 aromatic heterocycles. The van der Waals surface area contributed by atoms with Crippen molar-refractivity contribution in [1.29, 1.82) is 5.26 Å². The molecule has 0 bridgehead atoms. The largest absolute Gasteiger partial charge is 0.369 e. The smallest absolute Gasteiger partial charge is 0.311 e. The van der Waals surface area contributed by atoms with Crippen molar-refractivity contribution in [3.8, 4) is 6.07 Å². The highest BCUT2D eigenvalue weighted by Crippen LogP contribution is 2.28. The molecule has 7 heteroatoms. The number of rotatable bonds is 3. The molecule has 25 heavy (non-hydrogen) atoms. The fraction of sp³-hybridized carbons (Fsp3) is 0.333. The van der Waals surface area contributed by atoms with Gasteiger partial charge in [-0.2, -0.15) is 5.26 Å². The Balaban J connectivity index is 1.84. The zero-order valence-electron chi connectivity index (χ0n) is 14.1. The summed E-state index contributed by atoms with van der Waals surface area (Å²) < 4.78 is 0. The summed E-state index contributed by atoms with van der Waals surface area (Å²) in [4.78, 5) is 19.5. The number of nitrogens with zero attached hydrogens (tertiary/aromatic N) is 5. The molecule has 2 aromatic rings. The molecular weight excluding hydrogens is 318 g/mol. The van der Waals surface area contributed by atoms with E-state index in [0.29, 0.717) is 31.0 Å². The van der Waals surface area contributed by atoms with Crippen LogP contribution in [0.2, 0.25) is 0 Å². The molecule has 0 spiro atoms. The monoisotopic (exact) mass is 337 g/mol. The maximum Gasteiger partial charge on any atom is 0.311 e. The topological polar surface area (TPSA) is 86.3 Å². The molecule has 1 saturated heterocycles. The minimum Gasteiger partial charge on any atom is -0.369 e. The van der Waals surface area contributed by atoms with Crippen LogP contribution in [-0.4, -0.2) is 36.1 Å². The van der Waals surface area contributed by atoms with E-state index >= 15 is 0 Å². The van der Waals surface area contributed by atoms with E-state index in [2.05, 4.69) is 16.0 Å². The lowest BCUT2D eigenvalue weighted by molar-refractivity contribution is -0.384. The Morgan fingerprint density at radius 1 is 1.12 bits per heavy atom. The lowest BCUT2D eigenvalue weighted by atomic mass is 10.1. The maximum absolute atomic E-state index is 11.3. The first-order valence-corrected chi connectivity index (χ1v) is 8.21. The maximum atomic E-state index is 11.3. The van der Waals surface area contributed by atoms with Gasteiger partial charge in [-0.3, -0.25) is 10.1 Å². The lowest BCUT2D eigenvalue weighted by Gasteiger charge is -2.24. The number of para-hydroxylation sites is 1. The average molecular weight is 337 g/mol. The first-order valence-electron chi connectivity index (χ1n) is 8.21. The molecule has 7 nitrogen and oxygen atoms in total. The van der Waals surface area contributed by atoms with Gasteiger partial charge in [0.2, 0.25) is 5.82 Å². The molecule has 1 fully saturated rings. The second kappa shape index (κ2) is 7.18. The minimum absolute atomic E-state index is 0.0384. The summed E-state index contributed by atoms with van der Waals surface area (Å²) in [5.74, 6) is 0.431. The van der Waals surface area contributed by atoms with Gasteiger partial charge in [0.15, 0.2) is 0 Å². The van der Waals surface area contributed by atoms with Crippen molar-refractivity contribution in [2.75, 3.05) is 36.0 Å². The number of aryl methyl sites for hydroxylation is 1. The quantitative estimate of drug-likeness (QED) is 0.632. The Kier molecular flexibility index (Phi) is 4.80. The molecule has 0 atom stereocenters. The van der Waals surface area contributed by atoms with Crippen molar-refractivity contribution < 1.29 is 4.92 Å². The third-order valence-corrected chi connectivity index (χ3v) is 4.35. The highest BCUT2D eigenvalue weighted by molar-refractivity contribution is 5.61. The number of nitro groups is 1. The van der Waals surface area contributed by atoms with Crippen LogP contribution in [0, 0.1) is 28.4 Å². The van der Waals surface area contributed by atoms with E-state index in [1.54, 1.807) is 6.07 Å². The Bertz CT molecular complexity index is 830. The van der Waals surface area contributed by atoms with Crippen molar-refractivity contribution in [2.45, 2.75) is 13.3 Å². The number of nitriles is 1. The van der Waals surface area contributed by atoms with Crippen LogP contribution < -0.4 is 9.80 Å². The molecule has 0 radical (unpaired) electrons. The summed E-state index contributed by atoms with van der Waals surface area (Å²) >= 11 is 0. The zero-order chi connectivity index (χ0) is 17.8. The minimum atomic E-state index is -0.380. The molecule has 0 N–H and O–H groups in total. The summed E-state index contributed by atoms with van der Waals surface area (Å²) in [6.07, 6.45) is 0.840. The van der Waals surface area contributed by atoms with Crippen LogP contribution in [0.5, 0.6) is 0 Å². The van der Waals surface area contributed by atoms with Crippen LogP contribution >= 0.6 is 0 Å². The van der Waals surface area contributed by atoms with Gasteiger partial charge in [-0.15, -0.1) is 0 Å². The number of hydrogen-bond acceptors (Lipinski definition) is 6. The first kappa shape index (κ1) is 16.7. The summed E-state index contributed by atoms with van der Waals surface area (Å²) in [7, 11) is 0. The molecular formula is C18H19N5O2. The molecule has 3 rings (SSSR count). The van der Waals surface area contributed by atoms with E-state index < -0.39 is 0 Å². The van der Waals surface area contributed by atoms with Gasteiger partial charge in [-0.25, -0.2) is 4.98 Å². The molecule has 1 aromatic carbocycles. The Morgan fingerprint density at radius 2 is 1.84 bits per heavy atom. The van der Waals surface area contributed by atoms with Crippen molar-refractivity contribution in [3.05, 3.63) is 57.8 Å². The summed E-state index contributed by atoms with van der Waals surface area (Å²) in [6, 6.07) is 12.9. The highest BCUT2D eigenvalue weighted by atomic mass is 16.6. The normalized spacial score (nSPS) is 14.7. The lowest BCUT2D eigenvalue weighted by Crippen LogP contribution is -2.32. The second-order valence-electron chi connectivity index (χ2n) is 6.01. The van der Waals surface area contributed by atoms with Crippen LogP contribution in [0.1, 0.15) is 17.7 Å². The average Bonchev–Trinajstić information content (AvgIpc) is 2.87. The van der Waals surface area contributed by atoms with E-state index in [0.717, 1.165) is 24.3 Å². The number of benzene rings is 1. The molecule has 0 saturated carbocycles. The molecule has 0 amide bonds.